The number of amides is 3. The van der Waals surface area contributed by atoms with Gasteiger partial charge in [-0.25, -0.2) is 0 Å². The van der Waals surface area contributed by atoms with Gasteiger partial charge in [-0.15, -0.1) is 0 Å². The number of benzene rings is 2. The lowest BCUT2D eigenvalue weighted by Crippen LogP contribution is -2.53. The molecule has 1 saturated heterocycles. The van der Waals surface area contributed by atoms with Crippen molar-refractivity contribution in [2.24, 2.45) is 17.2 Å². The zero-order valence-electron chi connectivity index (χ0n) is 23.6. The van der Waals surface area contributed by atoms with E-state index >= 15 is 0 Å². The third-order valence-electron chi connectivity index (χ3n) is 6.94. The molecule has 11 nitrogen and oxygen atoms in total. The Morgan fingerprint density at radius 3 is 2.22 bits per heavy atom. The topological polar surface area (TPSA) is 175 Å². The Kier molecular flexibility index (Phi) is 13.5. The van der Waals surface area contributed by atoms with E-state index in [1.54, 1.807) is 0 Å². The number of nitrogens with two attached hydrogens (primary N) is 3. The van der Waals surface area contributed by atoms with E-state index in [0.29, 0.717) is 39.1 Å². The van der Waals surface area contributed by atoms with E-state index in [1.807, 2.05) is 54.6 Å². The molecule has 1 fully saturated rings. The van der Waals surface area contributed by atoms with E-state index < -0.39 is 18.0 Å². The lowest BCUT2D eigenvalue weighted by molar-refractivity contribution is -0.135. The van der Waals surface area contributed by atoms with Crippen LogP contribution in [0.1, 0.15) is 36.8 Å². The number of ether oxygens (including phenoxy) is 2. The molecule has 224 valence electrons. The number of nitrogens with one attached hydrogen (secondary N) is 2. The fraction of sp³-hybridized carbons (Fsp3) is 0.500. The first-order chi connectivity index (χ1) is 19.9. The molecule has 2 aromatic rings. The quantitative estimate of drug-likeness (QED) is 0.194. The second-order valence-electron chi connectivity index (χ2n) is 10.1. The van der Waals surface area contributed by atoms with Gasteiger partial charge < -0.3 is 42.2 Å². The largest absolute Gasteiger partial charge is 0.490 e. The number of hydrogen-bond donors (Lipinski definition) is 5. The third kappa shape index (κ3) is 11.1. The van der Waals surface area contributed by atoms with Crippen LogP contribution in [0.4, 0.5) is 0 Å². The van der Waals surface area contributed by atoms with E-state index in [4.69, 9.17) is 26.7 Å². The molecule has 2 atom stereocenters. The fourth-order valence-corrected chi connectivity index (χ4v) is 4.57. The maximum atomic E-state index is 13.2. The third-order valence-corrected chi connectivity index (χ3v) is 6.94. The molecule has 0 spiro atoms. The molecule has 11 heteroatoms. The summed E-state index contributed by atoms with van der Waals surface area (Å²) >= 11 is 0. The van der Waals surface area contributed by atoms with Crippen molar-refractivity contribution in [3.63, 3.8) is 0 Å². The normalized spacial score (nSPS) is 15.0. The average Bonchev–Trinajstić information content (AvgIpc) is 2.99. The maximum Gasteiger partial charge on any atom is 0.242 e. The molecule has 0 aromatic heterocycles. The van der Waals surface area contributed by atoms with Crippen molar-refractivity contribution < 1.29 is 23.9 Å². The van der Waals surface area contributed by atoms with Gasteiger partial charge >= 0.3 is 0 Å². The molecule has 0 radical (unpaired) electrons. The summed E-state index contributed by atoms with van der Waals surface area (Å²) in [6.45, 7) is 2.91. The van der Waals surface area contributed by atoms with Crippen LogP contribution in [0.15, 0.2) is 54.6 Å². The Morgan fingerprint density at radius 2 is 1.59 bits per heavy atom. The Hall–Kier alpha value is -3.51. The van der Waals surface area contributed by atoms with Crippen molar-refractivity contribution in [3.05, 3.63) is 65.7 Å². The van der Waals surface area contributed by atoms with Crippen LogP contribution in [0.25, 0.3) is 0 Å². The first-order valence-corrected chi connectivity index (χ1v) is 14.3. The van der Waals surface area contributed by atoms with Gasteiger partial charge in [-0.05, 0) is 36.1 Å². The van der Waals surface area contributed by atoms with Crippen molar-refractivity contribution in [1.29, 1.82) is 0 Å². The van der Waals surface area contributed by atoms with Gasteiger partial charge in [-0.1, -0.05) is 42.5 Å². The molecule has 2 aromatic carbocycles. The van der Waals surface area contributed by atoms with E-state index in [1.165, 1.54) is 4.90 Å². The Balaban J connectivity index is 1.57. The van der Waals surface area contributed by atoms with Crippen molar-refractivity contribution in [2.75, 3.05) is 39.4 Å². The van der Waals surface area contributed by atoms with Crippen LogP contribution >= 0.6 is 0 Å². The smallest absolute Gasteiger partial charge is 0.242 e. The zero-order valence-corrected chi connectivity index (χ0v) is 23.6. The van der Waals surface area contributed by atoms with Gasteiger partial charge in [0.15, 0.2) is 0 Å². The van der Waals surface area contributed by atoms with Gasteiger partial charge in [0.1, 0.15) is 17.9 Å². The molecule has 0 unspecified atom stereocenters. The molecule has 1 aliphatic heterocycles. The first kappa shape index (κ1) is 32.0. The minimum atomic E-state index is -1.11. The first-order valence-electron chi connectivity index (χ1n) is 14.3. The Bertz CT molecular complexity index is 1070. The Morgan fingerprint density at radius 1 is 0.927 bits per heavy atom. The second kappa shape index (κ2) is 17.3. The maximum absolute atomic E-state index is 13.2. The number of carbonyl (C=O) groups is 3. The minimum Gasteiger partial charge on any atom is -0.490 e. The second-order valence-corrected chi connectivity index (χ2v) is 10.1. The lowest BCUT2D eigenvalue weighted by atomic mass is 10.0. The molecule has 1 aliphatic rings. The molecule has 3 rings (SSSR count). The molecule has 3 amide bonds. The van der Waals surface area contributed by atoms with Crippen LogP contribution in [-0.4, -0.2) is 80.2 Å². The fourth-order valence-electron chi connectivity index (χ4n) is 4.57. The highest BCUT2D eigenvalue weighted by Gasteiger charge is 2.26. The minimum absolute atomic E-state index is 0.148. The SMILES string of the molecule is NCCN(CCN)C(=O)C[C@H](N)C(=O)N[C@@H](CCc1ccccc1)C(=O)NCc1ccc(OC2CCOCC2)cc1. The van der Waals surface area contributed by atoms with Crippen LogP contribution < -0.4 is 32.6 Å². The Labute approximate surface area is 242 Å². The highest BCUT2D eigenvalue weighted by molar-refractivity contribution is 5.92. The number of nitrogens with zero attached hydrogens (tertiary/aromatic N) is 1. The summed E-state index contributed by atoms with van der Waals surface area (Å²) in [5, 5.41) is 5.68. The van der Waals surface area contributed by atoms with Gasteiger partial charge in [0.2, 0.25) is 17.7 Å². The monoisotopic (exact) mass is 568 g/mol. The molecule has 0 saturated carbocycles. The van der Waals surface area contributed by atoms with E-state index in [-0.39, 0.29) is 44.0 Å². The van der Waals surface area contributed by atoms with Crippen LogP contribution in [0, 0.1) is 0 Å². The van der Waals surface area contributed by atoms with E-state index in [2.05, 4.69) is 10.6 Å². The number of rotatable bonds is 16. The van der Waals surface area contributed by atoms with Gasteiger partial charge in [-0.2, -0.15) is 0 Å². The van der Waals surface area contributed by atoms with Crippen LogP contribution in [0.2, 0.25) is 0 Å². The van der Waals surface area contributed by atoms with Crippen molar-refractivity contribution in [2.45, 2.75) is 56.8 Å². The molecule has 41 heavy (non-hydrogen) atoms. The molecular formula is C30H44N6O5. The molecular weight excluding hydrogens is 524 g/mol. The van der Waals surface area contributed by atoms with Crippen LogP contribution in [0.3, 0.4) is 0 Å². The summed E-state index contributed by atoms with van der Waals surface area (Å²) in [6, 6.07) is 15.3. The van der Waals surface area contributed by atoms with E-state index in [0.717, 1.165) is 29.7 Å². The highest BCUT2D eigenvalue weighted by Crippen LogP contribution is 2.18. The molecule has 1 heterocycles. The lowest BCUT2D eigenvalue weighted by Gasteiger charge is -2.24. The average molecular weight is 569 g/mol. The van der Waals surface area contributed by atoms with Crippen molar-refractivity contribution in [3.8, 4) is 5.75 Å². The summed E-state index contributed by atoms with van der Waals surface area (Å²) in [7, 11) is 0. The summed E-state index contributed by atoms with van der Waals surface area (Å²) in [5.41, 5.74) is 19.2. The van der Waals surface area contributed by atoms with Gasteiger partial charge in [0.25, 0.3) is 0 Å². The predicted molar refractivity (Wildman–Crippen MR) is 157 cm³/mol. The van der Waals surface area contributed by atoms with Crippen LogP contribution in [-0.2, 0) is 32.1 Å². The molecule has 0 bridgehead atoms. The number of hydrogen-bond acceptors (Lipinski definition) is 8. The standard InChI is InChI=1S/C30H44N6O5/c31-14-16-36(17-15-32)28(37)20-26(33)29(38)35-27(11-8-22-4-2-1-3-5-22)30(39)34-21-23-6-9-24(10-7-23)41-25-12-18-40-19-13-25/h1-7,9-10,25-27H,8,11-21,31-33H2,(H,34,39)(H,35,38)/t26-,27-/m0/s1. The summed E-state index contributed by atoms with van der Waals surface area (Å²) in [4.78, 5) is 40.3. The van der Waals surface area contributed by atoms with Gasteiger partial charge in [0, 0.05) is 45.6 Å². The van der Waals surface area contributed by atoms with Crippen molar-refractivity contribution >= 4 is 17.7 Å². The van der Waals surface area contributed by atoms with Gasteiger partial charge in [-0.3, -0.25) is 14.4 Å². The van der Waals surface area contributed by atoms with Crippen LogP contribution in [0.5, 0.6) is 5.75 Å². The summed E-state index contributed by atoms with van der Waals surface area (Å²) in [6.07, 6.45) is 2.62. The number of aryl methyl sites for hydroxylation is 1. The highest BCUT2D eigenvalue weighted by atomic mass is 16.5. The predicted octanol–water partition coefficient (Wildman–Crippen LogP) is 0.442. The summed E-state index contributed by atoms with van der Waals surface area (Å²) in [5.74, 6) is -0.428. The summed E-state index contributed by atoms with van der Waals surface area (Å²) < 4.78 is 11.4. The number of carbonyl (C=O) groups excluding carboxylic acids is 3. The van der Waals surface area contributed by atoms with Crippen molar-refractivity contribution in [1.82, 2.24) is 15.5 Å². The van der Waals surface area contributed by atoms with E-state index in [9.17, 15) is 14.4 Å². The van der Waals surface area contributed by atoms with Gasteiger partial charge in [0.05, 0.1) is 25.7 Å². The molecule has 0 aliphatic carbocycles. The zero-order chi connectivity index (χ0) is 29.5. The molecule has 8 N–H and O–H groups in total.